The van der Waals surface area contributed by atoms with Crippen molar-refractivity contribution in [3.05, 3.63) is 29.8 Å². The van der Waals surface area contributed by atoms with E-state index in [4.69, 9.17) is 4.74 Å². The first kappa shape index (κ1) is 19.6. The SMILES string of the molecule is COCCN1C(=O)[C@@H]2C[C@H](NC(=O)c3ncccc3F)CN2CCS1(=O)=O. The molecule has 0 aromatic carbocycles. The average molecular weight is 400 g/mol. The van der Waals surface area contributed by atoms with Crippen LogP contribution in [0, 0.1) is 5.82 Å². The quantitative estimate of drug-likeness (QED) is 0.690. The third kappa shape index (κ3) is 4.09. The molecule has 0 unspecified atom stereocenters. The molecule has 11 heteroatoms. The predicted octanol–water partition coefficient (Wildman–Crippen LogP) is -0.788. The number of carbonyl (C=O) groups excluding carboxylic acids is 2. The molecule has 3 heterocycles. The average Bonchev–Trinajstić information content (AvgIpc) is 2.99. The van der Waals surface area contributed by atoms with Gasteiger partial charge >= 0.3 is 0 Å². The summed E-state index contributed by atoms with van der Waals surface area (Å²) in [5, 5.41) is 2.68. The fraction of sp³-hybridized carbons (Fsp3) is 0.562. The summed E-state index contributed by atoms with van der Waals surface area (Å²) in [5.74, 6) is -2.10. The van der Waals surface area contributed by atoms with Gasteiger partial charge in [0.05, 0.1) is 24.9 Å². The number of sulfonamides is 1. The highest BCUT2D eigenvalue weighted by atomic mass is 32.2. The van der Waals surface area contributed by atoms with Gasteiger partial charge in [-0.1, -0.05) is 0 Å². The Morgan fingerprint density at radius 2 is 2.26 bits per heavy atom. The van der Waals surface area contributed by atoms with E-state index >= 15 is 0 Å². The van der Waals surface area contributed by atoms with Crippen molar-refractivity contribution in [1.29, 1.82) is 0 Å². The van der Waals surface area contributed by atoms with Crippen molar-refractivity contribution in [1.82, 2.24) is 19.5 Å². The van der Waals surface area contributed by atoms with Crippen LogP contribution in [0.2, 0.25) is 0 Å². The fourth-order valence-corrected chi connectivity index (χ4v) is 4.82. The fourth-order valence-electron chi connectivity index (χ4n) is 3.39. The molecular weight excluding hydrogens is 379 g/mol. The number of ether oxygens (including phenoxy) is 1. The maximum Gasteiger partial charge on any atom is 0.273 e. The molecule has 9 nitrogen and oxygen atoms in total. The molecule has 1 N–H and O–H groups in total. The maximum atomic E-state index is 13.7. The lowest BCUT2D eigenvalue weighted by Gasteiger charge is -2.23. The first-order valence-corrected chi connectivity index (χ1v) is 10.1. The van der Waals surface area contributed by atoms with Crippen molar-refractivity contribution in [3.63, 3.8) is 0 Å². The number of rotatable bonds is 5. The number of aromatic nitrogens is 1. The van der Waals surface area contributed by atoms with Crippen LogP contribution in [-0.4, -0.2) is 85.6 Å². The van der Waals surface area contributed by atoms with E-state index in [2.05, 4.69) is 10.3 Å². The minimum Gasteiger partial charge on any atom is -0.383 e. The van der Waals surface area contributed by atoms with Crippen LogP contribution < -0.4 is 5.32 Å². The molecule has 3 rings (SSSR count). The van der Waals surface area contributed by atoms with Crippen molar-refractivity contribution in [2.24, 2.45) is 0 Å². The molecule has 2 fully saturated rings. The number of hydrogen-bond donors (Lipinski definition) is 1. The molecule has 1 aromatic rings. The summed E-state index contributed by atoms with van der Waals surface area (Å²) in [6, 6.07) is 1.47. The lowest BCUT2D eigenvalue weighted by atomic mass is 10.1. The third-order valence-corrected chi connectivity index (χ3v) is 6.45. The van der Waals surface area contributed by atoms with Gasteiger partial charge in [-0.2, -0.15) is 0 Å². The Morgan fingerprint density at radius 3 is 2.96 bits per heavy atom. The zero-order valence-electron chi connectivity index (χ0n) is 14.8. The Kier molecular flexibility index (Phi) is 5.72. The summed E-state index contributed by atoms with van der Waals surface area (Å²) < 4.78 is 44.1. The third-order valence-electron chi connectivity index (χ3n) is 4.71. The number of methoxy groups -OCH3 is 1. The van der Waals surface area contributed by atoms with E-state index in [0.29, 0.717) is 6.54 Å². The Labute approximate surface area is 156 Å². The standard InChI is InChI=1S/C16H21FN4O5S/c1-26-7-5-21-16(23)13-9-11(10-20(13)6-8-27(21,24)25)19-15(22)14-12(17)3-2-4-18-14/h2-4,11,13H,5-10H2,1H3,(H,19,22)/t11-,13-/m0/s1. The van der Waals surface area contributed by atoms with Crippen molar-refractivity contribution < 1.29 is 27.1 Å². The van der Waals surface area contributed by atoms with Crippen LogP contribution in [0.25, 0.3) is 0 Å². The molecule has 2 atom stereocenters. The topological polar surface area (TPSA) is 109 Å². The number of amides is 2. The monoisotopic (exact) mass is 400 g/mol. The molecule has 0 bridgehead atoms. The highest BCUT2D eigenvalue weighted by molar-refractivity contribution is 7.89. The highest BCUT2D eigenvalue weighted by Crippen LogP contribution is 2.25. The van der Waals surface area contributed by atoms with E-state index in [1.54, 1.807) is 4.90 Å². The van der Waals surface area contributed by atoms with Crippen LogP contribution in [0.3, 0.4) is 0 Å². The largest absolute Gasteiger partial charge is 0.383 e. The van der Waals surface area contributed by atoms with Crippen LogP contribution in [0.1, 0.15) is 16.9 Å². The molecule has 0 aliphatic carbocycles. The Hall–Kier alpha value is -2.11. The van der Waals surface area contributed by atoms with E-state index in [-0.39, 0.29) is 37.6 Å². The van der Waals surface area contributed by atoms with Crippen LogP contribution in [0.5, 0.6) is 0 Å². The van der Waals surface area contributed by atoms with E-state index < -0.39 is 39.7 Å². The van der Waals surface area contributed by atoms with Gasteiger partial charge in [0.2, 0.25) is 10.0 Å². The van der Waals surface area contributed by atoms with Gasteiger partial charge in [-0.05, 0) is 18.6 Å². The normalized spacial score (nSPS) is 25.1. The van der Waals surface area contributed by atoms with Gasteiger partial charge in [-0.15, -0.1) is 0 Å². The molecule has 0 radical (unpaired) electrons. The molecular formula is C16H21FN4O5S. The second kappa shape index (κ2) is 7.87. The molecule has 0 spiro atoms. The van der Waals surface area contributed by atoms with E-state index in [1.807, 2.05) is 0 Å². The van der Waals surface area contributed by atoms with Gasteiger partial charge in [0.15, 0.2) is 11.5 Å². The molecule has 27 heavy (non-hydrogen) atoms. The van der Waals surface area contributed by atoms with Gasteiger partial charge in [0.1, 0.15) is 0 Å². The summed E-state index contributed by atoms with van der Waals surface area (Å²) in [5.41, 5.74) is -0.310. The van der Waals surface area contributed by atoms with Crippen LogP contribution in [-0.2, 0) is 19.6 Å². The van der Waals surface area contributed by atoms with E-state index in [0.717, 1.165) is 10.4 Å². The van der Waals surface area contributed by atoms with Gasteiger partial charge in [-0.3, -0.25) is 14.5 Å². The molecule has 1 aromatic heterocycles. The van der Waals surface area contributed by atoms with Crippen molar-refractivity contribution in [2.45, 2.75) is 18.5 Å². The molecule has 148 valence electrons. The number of pyridine rings is 1. The van der Waals surface area contributed by atoms with Gasteiger partial charge in [0, 0.05) is 32.4 Å². The van der Waals surface area contributed by atoms with Crippen molar-refractivity contribution in [2.75, 3.05) is 39.1 Å². The lowest BCUT2D eigenvalue weighted by molar-refractivity contribution is -0.131. The molecule has 2 saturated heterocycles. The maximum absolute atomic E-state index is 13.7. The minimum absolute atomic E-state index is 0.0435. The number of nitrogens with one attached hydrogen (secondary N) is 1. The highest BCUT2D eigenvalue weighted by Gasteiger charge is 2.45. The van der Waals surface area contributed by atoms with E-state index in [1.165, 1.54) is 19.4 Å². The van der Waals surface area contributed by atoms with Crippen LogP contribution in [0.15, 0.2) is 18.3 Å². The first-order chi connectivity index (χ1) is 12.8. The zero-order valence-corrected chi connectivity index (χ0v) is 15.6. The number of fused-ring (bicyclic) bond motifs is 1. The second-order valence-corrected chi connectivity index (χ2v) is 8.48. The summed E-state index contributed by atoms with van der Waals surface area (Å²) >= 11 is 0. The number of carbonyl (C=O) groups is 2. The Morgan fingerprint density at radius 1 is 1.48 bits per heavy atom. The molecule has 2 aliphatic heterocycles. The smallest absolute Gasteiger partial charge is 0.273 e. The van der Waals surface area contributed by atoms with Gasteiger partial charge in [-0.25, -0.2) is 22.1 Å². The Bertz CT molecular complexity index is 834. The summed E-state index contributed by atoms with van der Waals surface area (Å²) in [6.45, 7) is 0.561. The molecule has 0 saturated carbocycles. The summed E-state index contributed by atoms with van der Waals surface area (Å²) in [7, 11) is -2.27. The first-order valence-electron chi connectivity index (χ1n) is 8.52. The second-order valence-electron chi connectivity index (χ2n) is 6.47. The van der Waals surface area contributed by atoms with Crippen molar-refractivity contribution >= 4 is 21.8 Å². The number of hydrogen-bond acceptors (Lipinski definition) is 7. The number of nitrogens with zero attached hydrogens (tertiary/aromatic N) is 3. The minimum atomic E-state index is -3.70. The number of halogens is 1. The predicted molar refractivity (Wildman–Crippen MR) is 92.8 cm³/mol. The summed E-state index contributed by atoms with van der Waals surface area (Å²) in [4.78, 5) is 30.5. The van der Waals surface area contributed by atoms with Crippen LogP contribution >= 0.6 is 0 Å². The van der Waals surface area contributed by atoms with Gasteiger partial charge in [0.25, 0.3) is 11.8 Å². The lowest BCUT2D eigenvalue weighted by Crippen LogP contribution is -2.45. The Balaban J connectivity index is 1.71. The van der Waals surface area contributed by atoms with Crippen molar-refractivity contribution in [3.8, 4) is 0 Å². The zero-order chi connectivity index (χ0) is 19.6. The van der Waals surface area contributed by atoms with Gasteiger partial charge < -0.3 is 10.1 Å². The molecule has 2 amide bonds. The van der Waals surface area contributed by atoms with Crippen LogP contribution in [0.4, 0.5) is 4.39 Å². The van der Waals surface area contributed by atoms with E-state index in [9.17, 15) is 22.4 Å². The molecule has 2 aliphatic rings. The summed E-state index contributed by atoms with van der Waals surface area (Å²) in [6.07, 6.45) is 1.57.